The molecule has 0 N–H and O–H groups in total. The largest absolute Gasteiger partial charge is 1.00 e. The number of rotatable bonds is 1. The zero-order chi connectivity index (χ0) is 12.5. The molecular weight excluding hydrogens is 217 g/mol. The topological polar surface area (TPSA) is 46.8 Å². The van der Waals surface area contributed by atoms with Gasteiger partial charge in [-0.2, -0.15) is 5.26 Å². The van der Waals surface area contributed by atoms with E-state index in [4.69, 9.17) is 5.26 Å². The number of nitriles is 1. The molecule has 18 heavy (non-hydrogen) atoms. The smallest absolute Gasteiger partial charge is 0.848 e. The third-order valence-electron chi connectivity index (χ3n) is 5.99. The van der Waals surface area contributed by atoms with Crippen LogP contribution < -0.4 is 24.0 Å². The Hall–Kier alpha value is 0.0474. The molecule has 0 aromatic carbocycles. The van der Waals surface area contributed by atoms with Crippen LogP contribution in [0.3, 0.4) is 0 Å². The Morgan fingerprint density at radius 2 is 1.61 bits per heavy atom. The van der Waals surface area contributed by atoms with E-state index in [0.29, 0.717) is 10.8 Å². The van der Waals surface area contributed by atoms with Crippen LogP contribution in [0.5, 0.6) is 0 Å². The average Bonchev–Trinajstić information content (AvgIpc) is 2.10. The summed E-state index contributed by atoms with van der Waals surface area (Å²) >= 11 is 0. The summed E-state index contributed by atoms with van der Waals surface area (Å²) in [6.07, 6.45) is 5.69. The van der Waals surface area contributed by atoms with E-state index in [0.717, 1.165) is 25.7 Å². The maximum absolute atomic E-state index is 13.2. The van der Waals surface area contributed by atoms with Gasteiger partial charge in [-0.15, -0.1) is 0 Å². The molecule has 4 rings (SSSR count). The van der Waals surface area contributed by atoms with Crippen LogP contribution in [0.2, 0.25) is 0 Å². The minimum atomic E-state index is -0.971. The molecule has 0 radical (unpaired) electrons. The maximum atomic E-state index is 13.2. The molecule has 2 nitrogen and oxygen atoms in total. The van der Waals surface area contributed by atoms with Crippen LogP contribution in [0.25, 0.3) is 0 Å². The van der Waals surface area contributed by atoms with Gasteiger partial charge in [0.15, 0.2) is 0 Å². The van der Waals surface area contributed by atoms with Crippen molar-refractivity contribution in [1.82, 2.24) is 0 Å². The van der Waals surface area contributed by atoms with Crippen molar-refractivity contribution in [2.45, 2.75) is 64.9 Å². The molecular formula is C15H22LiNO. The van der Waals surface area contributed by atoms with Crippen molar-refractivity contribution in [3.63, 3.8) is 0 Å². The van der Waals surface area contributed by atoms with E-state index in [1.54, 1.807) is 0 Å². The van der Waals surface area contributed by atoms with Crippen LogP contribution in [-0.2, 0) is 0 Å². The van der Waals surface area contributed by atoms with Crippen molar-refractivity contribution >= 4 is 0 Å². The van der Waals surface area contributed by atoms with E-state index in [1.165, 1.54) is 6.42 Å². The first kappa shape index (κ1) is 14.5. The summed E-state index contributed by atoms with van der Waals surface area (Å²) in [5.74, 6) is 0.235. The van der Waals surface area contributed by atoms with Gasteiger partial charge in [0.05, 0.1) is 6.07 Å². The average molecular weight is 239 g/mol. The molecule has 0 amide bonds. The van der Waals surface area contributed by atoms with Crippen LogP contribution in [0.4, 0.5) is 0 Å². The predicted octanol–water partition coefficient (Wildman–Crippen LogP) is -0.370. The van der Waals surface area contributed by atoms with Gasteiger partial charge in [-0.25, -0.2) is 0 Å². The summed E-state index contributed by atoms with van der Waals surface area (Å²) < 4.78 is 0. The molecule has 0 aromatic rings. The normalized spacial score (nSPS) is 56.9. The molecule has 0 heterocycles. The first-order chi connectivity index (χ1) is 7.74. The van der Waals surface area contributed by atoms with Crippen molar-refractivity contribution in [1.29, 1.82) is 5.26 Å². The van der Waals surface area contributed by atoms with Gasteiger partial charge in [0, 0.05) is 6.42 Å². The second-order valence-electron chi connectivity index (χ2n) is 8.04. The zero-order valence-electron chi connectivity index (χ0n) is 12.2. The van der Waals surface area contributed by atoms with Crippen molar-refractivity contribution in [3.05, 3.63) is 0 Å². The maximum Gasteiger partial charge on any atom is 1.00 e. The van der Waals surface area contributed by atoms with Gasteiger partial charge in [-0.3, -0.25) is 0 Å². The van der Waals surface area contributed by atoms with E-state index in [2.05, 4.69) is 26.8 Å². The van der Waals surface area contributed by atoms with Gasteiger partial charge in [0.2, 0.25) is 0 Å². The summed E-state index contributed by atoms with van der Waals surface area (Å²) in [6, 6.07) is 2.17. The molecule has 0 aromatic heterocycles. The summed E-state index contributed by atoms with van der Waals surface area (Å²) in [7, 11) is 0. The fourth-order valence-corrected chi connectivity index (χ4v) is 6.25. The molecule has 3 unspecified atom stereocenters. The van der Waals surface area contributed by atoms with Crippen molar-refractivity contribution in [2.75, 3.05) is 0 Å². The molecule has 4 bridgehead atoms. The summed E-state index contributed by atoms with van der Waals surface area (Å²) in [6.45, 7) is 6.89. The van der Waals surface area contributed by atoms with Gasteiger partial charge in [-0.05, 0) is 54.3 Å². The standard InChI is InChI=1S/C15H22NO.Li/c1-12-6-11-7-13(2,8-12)10-14(3,9-12)15(11,17)4-5-16;/h11H,4,6-10H2,1-3H3;/q-1;+1. The number of hydrogen-bond donors (Lipinski definition) is 0. The second-order valence-corrected chi connectivity index (χ2v) is 8.04. The number of nitrogens with zero attached hydrogens (tertiary/aromatic N) is 1. The third kappa shape index (κ3) is 1.64. The minimum absolute atomic E-state index is 0. The second kappa shape index (κ2) is 3.79. The molecule has 0 saturated heterocycles. The Bertz CT molecular complexity index is 397. The zero-order valence-corrected chi connectivity index (χ0v) is 12.2. The van der Waals surface area contributed by atoms with E-state index in [9.17, 15) is 5.11 Å². The van der Waals surface area contributed by atoms with E-state index >= 15 is 0 Å². The molecule has 3 heteroatoms. The van der Waals surface area contributed by atoms with E-state index < -0.39 is 5.60 Å². The van der Waals surface area contributed by atoms with Gasteiger partial charge in [0.25, 0.3) is 0 Å². The van der Waals surface area contributed by atoms with Crippen LogP contribution >= 0.6 is 0 Å². The Labute approximate surface area is 122 Å². The molecule has 0 aliphatic heterocycles. The molecule has 4 aliphatic carbocycles. The van der Waals surface area contributed by atoms with Crippen molar-refractivity contribution in [3.8, 4) is 6.07 Å². The Balaban J connectivity index is 0.00000120. The van der Waals surface area contributed by atoms with Gasteiger partial charge < -0.3 is 5.11 Å². The quantitative estimate of drug-likeness (QED) is 0.586. The van der Waals surface area contributed by atoms with Crippen LogP contribution in [-0.4, -0.2) is 5.60 Å². The van der Waals surface area contributed by atoms with Gasteiger partial charge in [-0.1, -0.05) is 26.4 Å². The summed E-state index contributed by atoms with van der Waals surface area (Å²) in [5, 5.41) is 22.2. The monoisotopic (exact) mass is 239 g/mol. The third-order valence-corrected chi connectivity index (χ3v) is 5.99. The van der Waals surface area contributed by atoms with E-state index in [-0.39, 0.29) is 36.6 Å². The Morgan fingerprint density at radius 1 is 1.11 bits per heavy atom. The van der Waals surface area contributed by atoms with Crippen LogP contribution in [0.15, 0.2) is 0 Å². The Kier molecular flexibility index (Phi) is 3.04. The molecule has 4 aliphatic rings. The van der Waals surface area contributed by atoms with Crippen LogP contribution in [0.1, 0.15) is 59.3 Å². The molecule has 0 spiro atoms. The molecule has 4 saturated carbocycles. The minimum Gasteiger partial charge on any atom is -0.848 e. The number of hydrogen-bond acceptors (Lipinski definition) is 2. The van der Waals surface area contributed by atoms with E-state index in [1.807, 2.05) is 0 Å². The van der Waals surface area contributed by atoms with Gasteiger partial charge >= 0.3 is 18.9 Å². The first-order valence-electron chi connectivity index (χ1n) is 6.82. The summed E-state index contributed by atoms with van der Waals surface area (Å²) in [4.78, 5) is 0. The molecule has 4 fully saturated rings. The van der Waals surface area contributed by atoms with Crippen molar-refractivity contribution < 1.29 is 24.0 Å². The first-order valence-corrected chi connectivity index (χ1v) is 6.82. The van der Waals surface area contributed by atoms with Gasteiger partial charge in [0.1, 0.15) is 0 Å². The summed E-state index contributed by atoms with van der Waals surface area (Å²) in [5.41, 5.74) is -0.380. The van der Waals surface area contributed by atoms with Crippen molar-refractivity contribution in [2.24, 2.45) is 22.2 Å². The Morgan fingerprint density at radius 3 is 2.00 bits per heavy atom. The predicted molar refractivity (Wildman–Crippen MR) is 63.9 cm³/mol. The fraction of sp³-hybridized carbons (Fsp3) is 0.933. The fourth-order valence-electron chi connectivity index (χ4n) is 6.25. The SMILES string of the molecule is CC12CC3CC(C)(C1)CC(C)(C2)C3([O-])CC#N.[Li+]. The molecule has 3 atom stereocenters. The van der Waals surface area contributed by atoms with Crippen LogP contribution in [0, 0.1) is 33.5 Å². The molecule has 94 valence electrons.